The molecule has 0 aliphatic heterocycles. The fourth-order valence-corrected chi connectivity index (χ4v) is 1.79. The molecule has 1 heterocycles. The Balaban J connectivity index is 1.81. The van der Waals surface area contributed by atoms with Gasteiger partial charge in [-0.3, -0.25) is 4.79 Å². The van der Waals surface area contributed by atoms with Crippen molar-refractivity contribution in [2.75, 3.05) is 5.32 Å². The molecule has 3 aromatic rings. The molecule has 0 aliphatic carbocycles. The summed E-state index contributed by atoms with van der Waals surface area (Å²) in [6.07, 6.45) is 1.42. The van der Waals surface area contributed by atoms with E-state index in [4.69, 9.17) is 9.26 Å². The normalized spacial score (nSPS) is 10.1. The highest BCUT2D eigenvalue weighted by atomic mass is 16.5. The Bertz CT molecular complexity index is 724. The number of aromatic nitrogens is 1. The topological polar surface area (TPSA) is 64.4 Å². The van der Waals surface area contributed by atoms with Crippen LogP contribution in [0.1, 0.15) is 10.6 Å². The summed E-state index contributed by atoms with van der Waals surface area (Å²) in [6.45, 7) is 0. The van der Waals surface area contributed by atoms with Gasteiger partial charge in [0, 0.05) is 6.07 Å². The number of anilines is 1. The molecule has 0 spiro atoms. The Labute approximate surface area is 121 Å². The van der Waals surface area contributed by atoms with Crippen molar-refractivity contribution < 1.29 is 14.1 Å². The first-order chi connectivity index (χ1) is 10.3. The zero-order chi connectivity index (χ0) is 14.5. The highest BCUT2D eigenvalue weighted by Gasteiger charge is 2.13. The third-order valence-electron chi connectivity index (χ3n) is 2.77. The standard InChI is InChI=1S/C16H12N2O3/c19-16(15-10-11-17-21-15)18-13-8-4-5-9-14(13)20-12-6-2-1-3-7-12/h1-11H,(H,18,19). The lowest BCUT2D eigenvalue weighted by Crippen LogP contribution is -2.11. The molecule has 0 saturated carbocycles. The van der Waals surface area contributed by atoms with Gasteiger partial charge in [0.15, 0.2) is 5.75 Å². The van der Waals surface area contributed by atoms with Gasteiger partial charge >= 0.3 is 0 Å². The third kappa shape index (κ3) is 3.09. The van der Waals surface area contributed by atoms with Crippen molar-refractivity contribution in [1.82, 2.24) is 5.16 Å². The van der Waals surface area contributed by atoms with E-state index in [9.17, 15) is 4.79 Å². The average molecular weight is 280 g/mol. The highest BCUT2D eigenvalue weighted by molar-refractivity contribution is 6.02. The molecule has 21 heavy (non-hydrogen) atoms. The zero-order valence-corrected chi connectivity index (χ0v) is 11.0. The molecule has 1 N–H and O–H groups in total. The monoisotopic (exact) mass is 280 g/mol. The summed E-state index contributed by atoms with van der Waals surface area (Å²) in [6, 6.07) is 18.0. The van der Waals surface area contributed by atoms with Gasteiger partial charge in [0.25, 0.3) is 5.91 Å². The van der Waals surface area contributed by atoms with Gasteiger partial charge in [0.1, 0.15) is 5.75 Å². The summed E-state index contributed by atoms with van der Waals surface area (Å²) in [5, 5.41) is 6.24. The molecular weight excluding hydrogens is 268 g/mol. The van der Waals surface area contributed by atoms with Crippen LogP contribution in [-0.4, -0.2) is 11.1 Å². The summed E-state index contributed by atoms with van der Waals surface area (Å²) in [5.41, 5.74) is 0.558. The number of ether oxygens (including phenoxy) is 1. The zero-order valence-electron chi connectivity index (χ0n) is 11.0. The van der Waals surface area contributed by atoms with Crippen LogP contribution in [0.5, 0.6) is 11.5 Å². The van der Waals surface area contributed by atoms with E-state index in [1.54, 1.807) is 12.1 Å². The van der Waals surface area contributed by atoms with Crippen molar-refractivity contribution in [1.29, 1.82) is 0 Å². The fraction of sp³-hybridized carbons (Fsp3) is 0. The smallest absolute Gasteiger partial charge is 0.294 e. The molecule has 3 rings (SSSR count). The lowest BCUT2D eigenvalue weighted by molar-refractivity contribution is 0.0987. The molecule has 1 amide bonds. The minimum atomic E-state index is -0.378. The molecule has 104 valence electrons. The molecule has 2 aromatic carbocycles. The molecule has 0 fully saturated rings. The second-order valence-corrected chi connectivity index (χ2v) is 4.24. The van der Waals surface area contributed by atoms with E-state index in [0.29, 0.717) is 17.2 Å². The van der Waals surface area contributed by atoms with E-state index in [-0.39, 0.29) is 11.7 Å². The summed E-state index contributed by atoms with van der Waals surface area (Å²) in [7, 11) is 0. The van der Waals surface area contributed by atoms with E-state index in [1.165, 1.54) is 12.3 Å². The molecule has 5 nitrogen and oxygen atoms in total. The summed E-state index contributed by atoms with van der Waals surface area (Å²) >= 11 is 0. The Kier molecular flexibility index (Phi) is 3.64. The molecule has 5 heteroatoms. The minimum absolute atomic E-state index is 0.143. The van der Waals surface area contributed by atoms with Gasteiger partial charge < -0.3 is 14.6 Å². The van der Waals surface area contributed by atoms with Crippen molar-refractivity contribution >= 4 is 11.6 Å². The molecule has 0 aliphatic rings. The van der Waals surface area contributed by atoms with E-state index in [0.717, 1.165) is 0 Å². The molecule has 0 radical (unpaired) electrons. The number of hydrogen-bond acceptors (Lipinski definition) is 4. The third-order valence-corrected chi connectivity index (χ3v) is 2.77. The van der Waals surface area contributed by atoms with Crippen LogP contribution in [0.3, 0.4) is 0 Å². The summed E-state index contributed by atoms with van der Waals surface area (Å²) in [4.78, 5) is 12.0. The molecule has 0 unspecified atom stereocenters. The highest BCUT2D eigenvalue weighted by Crippen LogP contribution is 2.29. The van der Waals surface area contributed by atoms with Crippen LogP contribution in [0.25, 0.3) is 0 Å². The van der Waals surface area contributed by atoms with E-state index >= 15 is 0 Å². The lowest BCUT2D eigenvalue weighted by Gasteiger charge is -2.11. The van der Waals surface area contributed by atoms with Crippen LogP contribution >= 0.6 is 0 Å². The van der Waals surface area contributed by atoms with Crippen molar-refractivity contribution in [3.8, 4) is 11.5 Å². The molecule has 0 bridgehead atoms. The second kappa shape index (κ2) is 5.92. The minimum Gasteiger partial charge on any atom is -0.455 e. The predicted molar refractivity (Wildman–Crippen MR) is 77.4 cm³/mol. The number of nitrogens with one attached hydrogen (secondary N) is 1. The quantitative estimate of drug-likeness (QED) is 0.791. The molecule has 1 aromatic heterocycles. The summed E-state index contributed by atoms with van der Waals surface area (Å²) in [5.74, 6) is 1.01. The Morgan fingerprint density at radius 2 is 1.76 bits per heavy atom. The maximum Gasteiger partial charge on any atom is 0.294 e. The van der Waals surface area contributed by atoms with Crippen LogP contribution in [0.4, 0.5) is 5.69 Å². The van der Waals surface area contributed by atoms with Crippen LogP contribution in [0.2, 0.25) is 0 Å². The van der Waals surface area contributed by atoms with Crippen LogP contribution < -0.4 is 10.1 Å². The molecular formula is C16H12N2O3. The first-order valence-corrected chi connectivity index (χ1v) is 6.37. The van der Waals surface area contributed by atoms with Crippen LogP contribution in [-0.2, 0) is 0 Å². The first kappa shape index (κ1) is 12.9. The van der Waals surface area contributed by atoms with Crippen molar-refractivity contribution in [2.24, 2.45) is 0 Å². The number of hydrogen-bond donors (Lipinski definition) is 1. The van der Waals surface area contributed by atoms with Gasteiger partial charge in [-0.1, -0.05) is 35.5 Å². The Morgan fingerprint density at radius 3 is 2.52 bits per heavy atom. The van der Waals surface area contributed by atoms with Gasteiger partial charge in [0.05, 0.1) is 11.9 Å². The number of benzene rings is 2. The predicted octanol–water partition coefficient (Wildman–Crippen LogP) is 3.72. The van der Waals surface area contributed by atoms with Crippen LogP contribution in [0.15, 0.2) is 71.4 Å². The van der Waals surface area contributed by atoms with E-state index in [2.05, 4.69) is 10.5 Å². The molecule has 0 saturated heterocycles. The largest absolute Gasteiger partial charge is 0.455 e. The molecule has 0 atom stereocenters. The number of carbonyl (C=O) groups excluding carboxylic acids is 1. The lowest BCUT2D eigenvalue weighted by atomic mass is 10.2. The maximum atomic E-state index is 12.0. The number of para-hydroxylation sites is 3. The number of carbonyl (C=O) groups is 1. The number of amides is 1. The van der Waals surface area contributed by atoms with Gasteiger partial charge in [0.2, 0.25) is 5.76 Å². The van der Waals surface area contributed by atoms with Crippen LogP contribution in [0, 0.1) is 0 Å². The van der Waals surface area contributed by atoms with Gasteiger partial charge in [-0.2, -0.15) is 0 Å². The van der Waals surface area contributed by atoms with Gasteiger partial charge in [-0.25, -0.2) is 0 Å². The fourth-order valence-electron chi connectivity index (χ4n) is 1.79. The van der Waals surface area contributed by atoms with Crippen molar-refractivity contribution in [3.05, 3.63) is 72.6 Å². The number of nitrogens with zero attached hydrogens (tertiary/aromatic N) is 1. The van der Waals surface area contributed by atoms with Crippen molar-refractivity contribution in [3.63, 3.8) is 0 Å². The Hall–Kier alpha value is -3.08. The summed E-state index contributed by atoms with van der Waals surface area (Å²) < 4.78 is 10.6. The van der Waals surface area contributed by atoms with Gasteiger partial charge in [-0.05, 0) is 24.3 Å². The van der Waals surface area contributed by atoms with E-state index in [1.807, 2.05) is 42.5 Å². The number of rotatable bonds is 4. The van der Waals surface area contributed by atoms with Crippen molar-refractivity contribution in [2.45, 2.75) is 0 Å². The van der Waals surface area contributed by atoms with Gasteiger partial charge in [-0.15, -0.1) is 0 Å². The van der Waals surface area contributed by atoms with E-state index < -0.39 is 0 Å². The Morgan fingerprint density at radius 1 is 1.00 bits per heavy atom. The average Bonchev–Trinajstić information content (AvgIpc) is 3.05. The maximum absolute atomic E-state index is 12.0. The first-order valence-electron chi connectivity index (χ1n) is 6.37. The SMILES string of the molecule is O=C(Nc1ccccc1Oc1ccccc1)c1ccno1. The second-order valence-electron chi connectivity index (χ2n) is 4.24.